The second-order valence-electron chi connectivity index (χ2n) is 6.02. The summed E-state index contributed by atoms with van der Waals surface area (Å²) < 4.78 is 50.8. The van der Waals surface area contributed by atoms with E-state index in [0.29, 0.717) is 0 Å². The molecule has 0 amide bonds. The van der Waals surface area contributed by atoms with Crippen molar-refractivity contribution in [1.82, 2.24) is 0 Å². The van der Waals surface area contributed by atoms with Crippen molar-refractivity contribution in [2.45, 2.75) is 25.5 Å². The van der Waals surface area contributed by atoms with Crippen LogP contribution in [0.1, 0.15) is 33.8 Å². The molecule has 0 radical (unpaired) electrons. The Bertz CT molecular complexity index is 986. The molecule has 3 rings (SSSR count). The molecule has 0 saturated heterocycles. The molecule has 0 heterocycles. The van der Waals surface area contributed by atoms with Gasteiger partial charge in [-0.25, -0.2) is 0 Å². The Morgan fingerprint density at radius 2 is 1.11 bits per heavy atom. The molecule has 1 N–H and O–H groups in total. The van der Waals surface area contributed by atoms with Crippen molar-refractivity contribution in [3.63, 3.8) is 0 Å². The van der Waals surface area contributed by atoms with Crippen LogP contribution in [-0.2, 0) is 4.79 Å². The first kappa shape index (κ1) is 15.0. The van der Waals surface area contributed by atoms with Crippen molar-refractivity contribution in [3.05, 3.63) is 91.0 Å². The lowest BCUT2D eigenvalue weighted by molar-refractivity contribution is -0.137. The summed E-state index contributed by atoms with van der Waals surface area (Å²) in [6.45, 7) is 0. The van der Waals surface area contributed by atoms with Gasteiger partial charge in [0, 0.05) is 14.6 Å². The fourth-order valence-corrected chi connectivity index (χ4v) is 6.91. The summed E-state index contributed by atoms with van der Waals surface area (Å²) in [5.74, 6) is -1.52. The van der Waals surface area contributed by atoms with Gasteiger partial charge >= 0.3 is 5.97 Å². The van der Waals surface area contributed by atoms with Crippen LogP contribution >= 0.6 is 7.26 Å². The molecule has 146 valence electrons. The first-order chi connectivity index (χ1) is 15.4. The van der Waals surface area contributed by atoms with E-state index in [0.717, 1.165) is 15.9 Å². The molecule has 0 aliphatic rings. The third kappa shape index (κ3) is 5.31. The van der Waals surface area contributed by atoms with Crippen LogP contribution in [0.5, 0.6) is 0 Å². The van der Waals surface area contributed by atoms with E-state index in [1.165, 1.54) is 0 Å². The summed E-state index contributed by atoms with van der Waals surface area (Å²) in [5.41, 5.74) is 0. The normalized spacial score (nSPS) is 15.6. The van der Waals surface area contributed by atoms with E-state index in [2.05, 4.69) is 0 Å². The Labute approximate surface area is 187 Å². The van der Waals surface area contributed by atoms with E-state index in [9.17, 15) is 4.79 Å². The topological polar surface area (TPSA) is 37.3 Å². The summed E-state index contributed by atoms with van der Waals surface area (Å²) >= 11 is 0. The average molecular weight is 463 g/mol. The van der Waals surface area contributed by atoms with Gasteiger partial charge in [-0.1, -0.05) is 54.6 Å². The summed E-state index contributed by atoms with van der Waals surface area (Å²) in [4.78, 5) is 11.2. The molecule has 0 aliphatic heterocycles. The second-order valence-corrected chi connectivity index (χ2v) is 9.51. The van der Waals surface area contributed by atoms with Crippen LogP contribution in [0, 0.1) is 0 Å². The summed E-state index contributed by atoms with van der Waals surface area (Å²) in [7, 11) is -2.80. The van der Waals surface area contributed by atoms with E-state index in [-0.39, 0.29) is 23.1 Å². The molecule has 0 fully saturated rings. The van der Waals surface area contributed by atoms with Crippen molar-refractivity contribution < 1.29 is 35.1 Å². The zero-order valence-corrected chi connectivity index (χ0v) is 17.7. The molecule has 0 aromatic heterocycles. The van der Waals surface area contributed by atoms with Gasteiger partial charge < -0.3 is 22.1 Å². The maximum Gasteiger partial charge on any atom is 0.303 e. The molecule has 3 aromatic carbocycles. The monoisotopic (exact) mass is 462 g/mol. The molecule has 0 bridgehead atoms. The van der Waals surface area contributed by atoms with Crippen LogP contribution in [0.2, 0.25) is 0 Å². The number of halogens is 1. The van der Waals surface area contributed by atoms with E-state index in [1.54, 1.807) is 0 Å². The van der Waals surface area contributed by atoms with E-state index in [4.69, 9.17) is 13.3 Å². The Hall–Kier alpha value is -1.96. The smallest absolute Gasteiger partial charge is 0.303 e. The molecule has 2 nitrogen and oxygen atoms in total. The minimum absolute atomic E-state index is 0. The summed E-state index contributed by atoms with van der Waals surface area (Å²) in [6, 6.07) is 28.0. The lowest BCUT2D eigenvalue weighted by Gasteiger charge is -2.27. The number of hydrogen-bond acceptors (Lipinski definition) is 1. The first-order valence-corrected chi connectivity index (χ1v) is 10.7. The Balaban J connectivity index is 0.00000408. The van der Waals surface area contributed by atoms with Gasteiger partial charge in [0.1, 0.15) is 23.2 Å². The number of carboxylic acid groups (broad SMARTS) is 1. The Morgan fingerprint density at radius 3 is 1.46 bits per heavy atom. The standard InChI is InChI=1S/C24H25O2P.BrH/c25-24(26)19-11-4-12-20-27(21-13-5-1-6-14-21,22-15-7-2-8-16-22)23-17-9-3-10-18-23;/h1-3,5-10,13-18H,4,11-12,19-20H2;1H/i4D2,11D2,12D2;. The summed E-state index contributed by atoms with van der Waals surface area (Å²) in [6.07, 6.45) is -10.1. The number of hydrogen-bond donors (Lipinski definition) is 1. The van der Waals surface area contributed by atoms with Gasteiger partial charge in [0.25, 0.3) is 0 Å². The highest BCUT2D eigenvalue weighted by Crippen LogP contribution is 2.55. The van der Waals surface area contributed by atoms with Crippen molar-refractivity contribution in [2.75, 3.05) is 6.16 Å². The lowest BCUT2D eigenvalue weighted by atomic mass is 10.2. The molecule has 0 aliphatic carbocycles. The molecule has 4 heteroatoms. The van der Waals surface area contributed by atoms with Crippen LogP contribution in [0.4, 0.5) is 0 Å². The molecule has 0 unspecified atom stereocenters. The number of carboxylic acids is 1. The maximum atomic E-state index is 11.2. The molecule has 0 saturated carbocycles. The number of rotatable bonds is 9. The van der Waals surface area contributed by atoms with Crippen molar-refractivity contribution in [1.29, 1.82) is 0 Å². The fraction of sp³-hybridized carbons (Fsp3) is 0.208. The van der Waals surface area contributed by atoms with Gasteiger partial charge in [-0.2, -0.15) is 0 Å². The third-order valence-electron chi connectivity index (χ3n) is 4.32. The van der Waals surface area contributed by atoms with Gasteiger partial charge in [-0.05, 0) is 55.5 Å². The fourth-order valence-electron chi connectivity index (χ4n) is 3.11. The quantitative estimate of drug-likeness (QED) is 0.490. The zero-order chi connectivity index (χ0) is 24.3. The van der Waals surface area contributed by atoms with Crippen molar-refractivity contribution in [3.8, 4) is 0 Å². The van der Waals surface area contributed by atoms with E-state index < -0.39 is 38.8 Å². The number of carbonyl (C=O) groups is 1. The minimum Gasteiger partial charge on any atom is -1.00 e. The highest BCUT2D eigenvalue weighted by molar-refractivity contribution is 7.95. The van der Waals surface area contributed by atoms with Crippen LogP contribution in [0.15, 0.2) is 91.0 Å². The lowest BCUT2D eigenvalue weighted by Crippen LogP contribution is -3.00. The van der Waals surface area contributed by atoms with Crippen LogP contribution in [0.3, 0.4) is 0 Å². The minimum atomic E-state index is -3.07. The highest BCUT2D eigenvalue weighted by atomic mass is 79.9. The molecular weight excluding hydrogens is 431 g/mol. The van der Waals surface area contributed by atoms with Gasteiger partial charge in [0.05, 0.1) is 6.16 Å². The van der Waals surface area contributed by atoms with Crippen LogP contribution < -0.4 is 32.9 Å². The van der Waals surface area contributed by atoms with Crippen LogP contribution in [0.25, 0.3) is 0 Å². The molecule has 3 aromatic rings. The molecule has 0 spiro atoms. The predicted molar refractivity (Wildman–Crippen MR) is 116 cm³/mol. The summed E-state index contributed by atoms with van der Waals surface area (Å²) in [5, 5.41) is 11.6. The van der Waals surface area contributed by atoms with Gasteiger partial charge in [-0.15, -0.1) is 0 Å². The van der Waals surface area contributed by atoms with Gasteiger partial charge in [0.2, 0.25) is 0 Å². The molecule has 0 atom stereocenters. The largest absolute Gasteiger partial charge is 1.00 e. The zero-order valence-electron chi connectivity index (χ0n) is 21.3. The Kier molecular flexibility index (Phi) is 5.95. The van der Waals surface area contributed by atoms with Gasteiger partial charge in [-0.3, -0.25) is 4.79 Å². The number of benzene rings is 3. The molecular formula is C24H26BrO2P. The Morgan fingerprint density at radius 1 is 0.714 bits per heavy atom. The maximum absolute atomic E-state index is 11.2. The van der Waals surface area contributed by atoms with E-state index in [1.807, 2.05) is 91.0 Å². The molecule has 28 heavy (non-hydrogen) atoms. The highest BCUT2D eigenvalue weighted by Gasteiger charge is 2.44. The predicted octanol–water partition coefficient (Wildman–Crippen LogP) is 1.63. The van der Waals surface area contributed by atoms with Crippen LogP contribution in [-0.4, -0.2) is 17.2 Å². The van der Waals surface area contributed by atoms with Crippen molar-refractivity contribution >= 4 is 29.1 Å². The third-order valence-corrected chi connectivity index (χ3v) is 8.50. The second kappa shape index (κ2) is 11.1. The first-order valence-electron chi connectivity index (χ1n) is 11.7. The average Bonchev–Trinajstić information content (AvgIpc) is 2.78. The van der Waals surface area contributed by atoms with Gasteiger partial charge in [0.15, 0.2) is 0 Å². The van der Waals surface area contributed by atoms with E-state index >= 15 is 0 Å². The SMILES string of the molecule is [2H]C([2H])(CC(=O)O)C([2H])([2H])C([2H])([2H])C[P+](c1ccccc1)(c1ccccc1)c1ccccc1.[Br-]. The number of aliphatic carboxylic acids is 1. The van der Waals surface area contributed by atoms with Crippen molar-refractivity contribution in [2.24, 2.45) is 0 Å².